The number of hydrogen-bond donors (Lipinski definition) is 1. The average Bonchev–Trinajstić information content (AvgIpc) is 2.79. The number of nitrogens with zero attached hydrogens (tertiary/aromatic N) is 2. The average molecular weight is 488 g/mol. The Balaban J connectivity index is 1.35. The van der Waals surface area contributed by atoms with Gasteiger partial charge in [-0.25, -0.2) is 8.42 Å². The Morgan fingerprint density at radius 1 is 0.882 bits per heavy atom. The van der Waals surface area contributed by atoms with E-state index in [0.29, 0.717) is 31.9 Å². The molecule has 0 bridgehead atoms. The van der Waals surface area contributed by atoms with E-state index in [1.165, 1.54) is 16.4 Å². The van der Waals surface area contributed by atoms with Crippen LogP contribution < -0.4 is 5.32 Å². The van der Waals surface area contributed by atoms with Gasteiger partial charge in [0, 0.05) is 31.9 Å². The second-order valence-corrected chi connectivity index (χ2v) is 11.1. The summed E-state index contributed by atoms with van der Waals surface area (Å²) in [4.78, 5) is 15.0. The van der Waals surface area contributed by atoms with E-state index in [2.05, 4.69) is 10.2 Å². The normalized spacial score (nSPS) is 26.8. The molecule has 2 aliphatic heterocycles. The highest BCUT2D eigenvalue weighted by molar-refractivity contribution is 7.89. The molecule has 2 heterocycles. The maximum Gasteiger partial charge on any atom is 0.243 e. The zero-order valence-corrected chi connectivity index (χ0v) is 20.7. The molecule has 2 aliphatic rings. The van der Waals surface area contributed by atoms with Gasteiger partial charge >= 0.3 is 0 Å². The summed E-state index contributed by atoms with van der Waals surface area (Å²) in [6.45, 7) is 7.94. The third kappa shape index (κ3) is 6.03. The van der Waals surface area contributed by atoms with E-state index in [0.717, 1.165) is 5.56 Å². The molecule has 8 nitrogen and oxygen atoms in total. The predicted molar refractivity (Wildman–Crippen MR) is 130 cm³/mol. The first-order valence-corrected chi connectivity index (χ1v) is 13.1. The SMILES string of the molecule is CC1CN(S(=O)(=O)c2ccc(NC(=O)CN3CC(C)OC(c4ccccc4)C3)cc2)CC(C)O1. The molecule has 1 amide bonds. The van der Waals surface area contributed by atoms with Crippen molar-refractivity contribution in [2.45, 2.75) is 50.1 Å². The number of carbonyl (C=O) groups is 1. The summed E-state index contributed by atoms with van der Waals surface area (Å²) in [6, 6.07) is 16.4. The van der Waals surface area contributed by atoms with Crippen LogP contribution in [0.3, 0.4) is 0 Å². The minimum absolute atomic E-state index is 0.0156. The minimum atomic E-state index is -3.62. The van der Waals surface area contributed by atoms with Crippen LogP contribution in [0, 0.1) is 0 Å². The number of morpholine rings is 2. The van der Waals surface area contributed by atoms with Crippen molar-refractivity contribution >= 4 is 21.6 Å². The second-order valence-electron chi connectivity index (χ2n) is 9.19. The zero-order chi connectivity index (χ0) is 24.3. The van der Waals surface area contributed by atoms with Crippen molar-refractivity contribution in [2.75, 3.05) is 38.0 Å². The van der Waals surface area contributed by atoms with E-state index in [4.69, 9.17) is 9.47 Å². The zero-order valence-electron chi connectivity index (χ0n) is 19.9. The van der Waals surface area contributed by atoms with E-state index < -0.39 is 10.0 Å². The highest BCUT2D eigenvalue weighted by Crippen LogP contribution is 2.25. The van der Waals surface area contributed by atoms with Crippen molar-refractivity contribution in [1.82, 2.24) is 9.21 Å². The summed E-state index contributed by atoms with van der Waals surface area (Å²) in [5.74, 6) is -0.146. The lowest BCUT2D eigenvalue weighted by atomic mass is 10.1. The molecule has 0 saturated carbocycles. The van der Waals surface area contributed by atoms with Gasteiger partial charge in [-0.15, -0.1) is 0 Å². The minimum Gasteiger partial charge on any atom is -0.373 e. The maximum atomic E-state index is 13.0. The number of amides is 1. The predicted octanol–water partition coefficient (Wildman–Crippen LogP) is 2.89. The summed E-state index contributed by atoms with van der Waals surface area (Å²) < 4.78 is 39.2. The number of benzene rings is 2. The van der Waals surface area contributed by atoms with Crippen molar-refractivity contribution < 1.29 is 22.7 Å². The quantitative estimate of drug-likeness (QED) is 0.674. The Morgan fingerprint density at radius 3 is 2.15 bits per heavy atom. The Morgan fingerprint density at radius 2 is 1.50 bits per heavy atom. The molecule has 4 rings (SSSR count). The topological polar surface area (TPSA) is 88.2 Å². The molecule has 2 aromatic carbocycles. The first-order valence-electron chi connectivity index (χ1n) is 11.7. The summed E-state index contributed by atoms with van der Waals surface area (Å²) in [7, 11) is -3.62. The van der Waals surface area contributed by atoms with Crippen LogP contribution in [0.4, 0.5) is 5.69 Å². The number of anilines is 1. The largest absolute Gasteiger partial charge is 0.373 e. The first kappa shape index (κ1) is 24.8. The highest BCUT2D eigenvalue weighted by Gasteiger charge is 2.32. The molecule has 1 N–H and O–H groups in total. The Labute approximate surface area is 201 Å². The Kier molecular flexibility index (Phi) is 7.69. The molecule has 0 aliphatic carbocycles. The summed E-state index contributed by atoms with van der Waals surface area (Å²) in [5, 5.41) is 2.88. The molecule has 2 fully saturated rings. The van der Waals surface area contributed by atoms with Gasteiger partial charge in [0.1, 0.15) is 0 Å². The second kappa shape index (κ2) is 10.5. The van der Waals surface area contributed by atoms with Gasteiger partial charge in [-0.1, -0.05) is 30.3 Å². The van der Waals surface area contributed by atoms with E-state index in [1.54, 1.807) is 12.1 Å². The molecule has 4 unspecified atom stereocenters. The lowest BCUT2D eigenvalue weighted by Gasteiger charge is -2.36. The van der Waals surface area contributed by atoms with Gasteiger partial charge in [-0.05, 0) is 50.6 Å². The number of carbonyl (C=O) groups excluding carboxylic acids is 1. The molecule has 2 aromatic rings. The van der Waals surface area contributed by atoms with Gasteiger partial charge in [-0.3, -0.25) is 9.69 Å². The van der Waals surface area contributed by atoms with Crippen molar-refractivity contribution in [3.63, 3.8) is 0 Å². The monoisotopic (exact) mass is 487 g/mol. The van der Waals surface area contributed by atoms with E-state index in [1.807, 2.05) is 51.1 Å². The lowest BCUT2D eigenvalue weighted by molar-refractivity contribution is -0.122. The van der Waals surface area contributed by atoms with E-state index in [9.17, 15) is 13.2 Å². The molecule has 2 saturated heterocycles. The maximum absolute atomic E-state index is 13.0. The van der Waals surface area contributed by atoms with Crippen LogP contribution in [0.2, 0.25) is 0 Å². The van der Waals surface area contributed by atoms with Crippen LogP contribution in [0.5, 0.6) is 0 Å². The molecule has 184 valence electrons. The number of hydrogen-bond acceptors (Lipinski definition) is 6. The van der Waals surface area contributed by atoms with Crippen LogP contribution in [0.1, 0.15) is 32.4 Å². The smallest absolute Gasteiger partial charge is 0.243 e. The van der Waals surface area contributed by atoms with Crippen LogP contribution in [0.25, 0.3) is 0 Å². The molecular formula is C25H33N3O5S. The standard InChI is InChI=1S/C25H33N3O5S/c1-18-13-27(16-24(33-18)21-7-5-4-6-8-21)17-25(29)26-22-9-11-23(12-10-22)34(30,31)28-14-19(2)32-20(3)15-28/h4-12,18-20,24H,13-17H2,1-3H3,(H,26,29). The Hall–Kier alpha value is -2.30. The lowest BCUT2D eigenvalue weighted by Crippen LogP contribution is -2.48. The molecule has 4 atom stereocenters. The summed E-state index contributed by atoms with van der Waals surface area (Å²) >= 11 is 0. The molecule has 9 heteroatoms. The molecule has 0 aromatic heterocycles. The summed E-state index contributed by atoms with van der Waals surface area (Å²) in [5.41, 5.74) is 1.66. The number of ether oxygens (including phenoxy) is 2. The fraction of sp³-hybridized carbons (Fsp3) is 0.480. The van der Waals surface area contributed by atoms with E-state index >= 15 is 0 Å². The van der Waals surface area contributed by atoms with Gasteiger partial charge in [0.15, 0.2) is 0 Å². The highest BCUT2D eigenvalue weighted by atomic mass is 32.2. The van der Waals surface area contributed by atoms with Crippen LogP contribution in [0.15, 0.2) is 59.5 Å². The van der Waals surface area contributed by atoms with Crippen molar-refractivity contribution in [3.05, 3.63) is 60.2 Å². The summed E-state index contributed by atoms with van der Waals surface area (Å²) in [6.07, 6.45) is -0.363. The van der Waals surface area contributed by atoms with Gasteiger partial charge in [0.25, 0.3) is 0 Å². The third-order valence-electron chi connectivity index (χ3n) is 6.04. The number of nitrogens with one attached hydrogen (secondary N) is 1. The number of rotatable bonds is 6. The van der Waals surface area contributed by atoms with E-state index in [-0.39, 0.29) is 41.8 Å². The fourth-order valence-corrected chi connectivity index (χ4v) is 6.20. The first-order chi connectivity index (χ1) is 16.2. The van der Waals surface area contributed by atoms with Gasteiger partial charge in [0.2, 0.25) is 15.9 Å². The van der Waals surface area contributed by atoms with Crippen molar-refractivity contribution in [1.29, 1.82) is 0 Å². The molecule has 0 spiro atoms. The molecule has 0 radical (unpaired) electrons. The van der Waals surface area contributed by atoms with Crippen molar-refractivity contribution in [2.24, 2.45) is 0 Å². The third-order valence-corrected chi connectivity index (χ3v) is 7.88. The van der Waals surface area contributed by atoms with Crippen molar-refractivity contribution in [3.8, 4) is 0 Å². The van der Waals surface area contributed by atoms with Crippen LogP contribution >= 0.6 is 0 Å². The van der Waals surface area contributed by atoms with Crippen LogP contribution in [-0.4, -0.2) is 74.6 Å². The van der Waals surface area contributed by atoms with Gasteiger partial charge in [-0.2, -0.15) is 4.31 Å². The molecule has 34 heavy (non-hydrogen) atoms. The fourth-order valence-electron chi connectivity index (χ4n) is 4.61. The number of sulfonamides is 1. The van der Waals surface area contributed by atoms with Gasteiger partial charge < -0.3 is 14.8 Å². The Bertz CT molecular complexity index is 1070. The molecular weight excluding hydrogens is 454 g/mol. The van der Waals surface area contributed by atoms with Gasteiger partial charge in [0.05, 0.1) is 35.9 Å². The van der Waals surface area contributed by atoms with Crippen LogP contribution in [-0.2, 0) is 24.3 Å².